The van der Waals surface area contributed by atoms with Crippen LogP contribution in [-0.4, -0.2) is 104 Å². The van der Waals surface area contributed by atoms with E-state index in [0.717, 1.165) is 0 Å². The molecule has 17 nitrogen and oxygen atoms in total. The smallest absolute Gasteiger partial charge is 0.407 e. The molecule has 0 saturated carbocycles. The fourth-order valence-corrected chi connectivity index (χ4v) is 2.36. The second-order valence-corrected chi connectivity index (χ2v) is 8.73. The number of alkyl carbamates (subject to hydrolysis) is 1. The number of nitrogens with one attached hydrogen (secondary N) is 5. The minimum absolute atomic E-state index is 0.112. The molecule has 1 unspecified atom stereocenters. The molecule has 0 aliphatic heterocycles. The Morgan fingerprint density at radius 3 is 1.77 bits per heavy atom. The summed E-state index contributed by atoms with van der Waals surface area (Å²) < 4.78 is 14.1. The highest BCUT2D eigenvalue weighted by molar-refractivity contribution is 5.91. The van der Waals surface area contributed by atoms with Gasteiger partial charge in [0.05, 0.1) is 39.6 Å². The summed E-state index contributed by atoms with van der Waals surface area (Å²) in [5, 5.41) is 20.0. The van der Waals surface area contributed by atoms with Crippen LogP contribution in [0.5, 0.6) is 0 Å². The number of ether oxygens (including phenoxy) is 3. The van der Waals surface area contributed by atoms with Crippen molar-refractivity contribution in [3.05, 3.63) is 0 Å². The number of aliphatic carboxylic acids is 1. The summed E-state index contributed by atoms with van der Waals surface area (Å²) in [6.45, 7) is 2.54. The molecule has 0 heterocycles. The molecular formula is C22H35N5O12. The minimum Gasteiger partial charge on any atom is -0.480 e. The third kappa shape index (κ3) is 19.4. The van der Waals surface area contributed by atoms with Crippen LogP contribution < -0.4 is 26.6 Å². The molecule has 0 radical (unpaired) electrons. The van der Waals surface area contributed by atoms with Gasteiger partial charge in [0.1, 0.15) is 12.2 Å². The van der Waals surface area contributed by atoms with Crippen molar-refractivity contribution in [2.45, 2.75) is 51.7 Å². The third-order valence-corrected chi connectivity index (χ3v) is 4.16. The average molecular weight is 562 g/mol. The van der Waals surface area contributed by atoms with E-state index in [9.17, 15) is 38.4 Å². The molecule has 0 aromatic rings. The van der Waals surface area contributed by atoms with Gasteiger partial charge < -0.3 is 45.9 Å². The highest BCUT2D eigenvalue weighted by Gasteiger charge is 2.22. The number of methoxy groups -OCH3 is 1. The van der Waals surface area contributed by atoms with Gasteiger partial charge in [0.25, 0.3) is 0 Å². The van der Waals surface area contributed by atoms with E-state index in [1.165, 1.54) is 7.11 Å². The molecule has 39 heavy (non-hydrogen) atoms. The second kappa shape index (κ2) is 17.9. The number of carbonyl (C=O) groups is 8. The Balaban J connectivity index is 4.21. The van der Waals surface area contributed by atoms with Crippen molar-refractivity contribution >= 4 is 47.6 Å². The molecule has 220 valence electrons. The lowest BCUT2D eigenvalue weighted by Crippen LogP contribution is -2.49. The van der Waals surface area contributed by atoms with Crippen molar-refractivity contribution in [2.24, 2.45) is 0 Å². The molecule has 5 amide bonds. The first kappa shape index (κ1) is 34.6. The van der Waals surface area contributed by atoms with E-state index in [4.69, 9.17) is 9.84 Å². The van der Waals surface area contributed by atoms with E-state index in [0.29, 0.717) is 0 Å². The number of hydrogen-bond acceptors (Lipinski definition) is 11. The Labute approximate surface area is 224 Å². The summed E-state index contributed by atoms with van der Waals surface area (Å²) in [4.78, 5) is 92.6. The summed E-state index contributed by atoms with van der Waals surface area (Å²) in [6, 6.07) is -1.63. The molecule has 0 aliphatic carbocycles. The van der Waals surface area contributed by atoms with Crippen molar-refractivity contribution in [1.29, 1.82) is 0 Å². The zero-order valence-electron chi connectivity index (χ0n) is 22.2. The maximum absolute atomic E-state index is 11.9. The van der Waals surface area contributed by atoms with Crippen LogP contribution in [0.15, 0.2) is 0 Å². The number of hydrogen-bond donors (Lipinski definition) is 6. The average Bonchev–Trinajstić information content (AvgIpc) is 2.84. The summed E-state index contributed by atoms with van der Waals surface area (Å²) in [7, 11) is 1.17. The lowest BCUT2D eigenvalue weighted by molar-refractivity contribution is -0.155. The van der Waals surface area contributed by atoms with Gasteiger partial charge in [0.15, 0.2) is 6.04 Å². The number of rotatable bonds is 16. The zero-order valence-corrected chi connectivity index (χ0v) is 22.2. The largest absolute Gasteiger partial charge is 0.480 e. The van der Waals surface area contributed by atoms with Crippen LogP contribution in [0.3, 0.4) is 0 Å². The van der Waals surface area contributed by atoms with Gasteiger partial charge in [0, 0.05) is 13.0 Å². The number of carboxylic acid groups (broad SMARTS) is 1. The lowest BCUT2D eigenvalue weighted by atomic mass is 10.2. The van der Waals surface area contributed by atoms with E-state index >= 15 is 0 Å². The van der Waals surface area contributed by atoms with Gasteiger partial charge in [-0.15, -0.1) is 0 Å². The summed E-state index contributed by atoms with van der Waals surface area (Å²) in [6.07, 6.45) is -1.52. The predicted octanol–water partition coefficient (Wildman–Crippen LogP) is -2.68. The van der Waals surface area contributed by atoms with Crippen LogP contribution in [0.4, 0.5) is 4.79 Å². The summed E-state index contributed by atoms with van der Waals surface area (Å²) >= 11 is 0. The molecule has 17 heteroatoms. The van der Waals surface area contributed by atoms with Gasteiger partial charge in [-0.25, -0.2) is 9.59 Å². The normalized spacial score (nSPS) is 11.2. The van der Waals surface area contributed by atoms with Crippen LogP contribution in [0.1, 0.15) is 40.0 Å². The number of esters is 2. The minimum atomic E-state index is -1.63. The maximum Gasteiger partial charge on any atom is 0.407 e. The molecule has 0 fully saturated rings. The Morgan fingerprint density at radius 2 is 1.26 bits per heavy atom. The SMILES string of the molecule is COC(=O)CCNC(=O)OCC(NC(=O)CNC(=O)CNC(=O)CNC(=O)CCC(=O)OC(C)(C)C)C(=O)O. The standard InChI is InChI=1S/C22H35N5O12/c1-22(2,3)39-19(33)6-5-14(28)24-9-15(29)25-10-16(30)26-11-17(31)27-13(20(34)35)12-38-21(36)23-8-7-18(32)37-4/h13H,5-12H2,1-4H3,(H,23,36)(H,24,28)(H,25,29)(H,26,30)(H,27,31)(H,34,35). The van der Waals surface area contributed by atoms with Crippen LogP contribution in [0.25, 0.3) is 0 Å². The van der Waals surface area contributed by atoms with Crippen molar-refractivity contribution < 1.29 is 57.7 Å². The van der Waals surface area contributed by atoms with E-state index in [1.54, 1.807) is 20.8 Å². The molecule has 0 saturated heterocycles. The van der Waals surface area contributed by atoms with E-state index in [-0.39, 0.29) is 25.8 Å². The van der Waals surface area contributed by atoms with E-state index in [1.807, 2.05) is 5.32 Å². The number of carbonyl (C=O) groups excluding carboxylic acids is 7. The number of carboxylic acids is 1. The first-order valence-corrected chi connectivity index (χ1v) is 11.6. The van der Waals surface area contributed by atoms with Gasteiger partial charge in [-0.05, 0) is 20.8 Å². The topological polar surface area (TPSA) is 245 Å². The summed E-state index contributed by atoms with van der Waals surface area (Å²) in [5.74, 6) is -5.66. The van der Waals surface area contributed by atoms with Crippen molar-refractivity contribution in [1.82, 2.24) is 26.6 Å². The van der Waals surface area contributed by atoms with Gasteiger partial charge in [-0.2, -0.15) is 0 Å². The molecule has 0 spiro atoms. The van der Waals surface area contributed by atoms with E-state index < -0.39 is 85.5 Å². The molecular weight excluding hydrogens is 526 g/mol. The quantitative estimate of drug-likeness (QED) is 0.0833. The zero-order chi connectivity index (χ0) is 30.0. The molecule has 0 aromatic carbocycles. The summed E-state index contributed by atoms with van der Waals surface area (Å²) in [5.41, 5.74) is -0.687. The Kier molecular flexibility index (Phi) is 15.9. The van der Waals surface area contributed by atoms with Gasteiger partial charge in [-0.1, -0.05) is 0 Å². The first-order chi connectivity index (χ1) is 18.1. The Hall–Kier alpha value is -4.44. The fourth-order valence-electron chi connectivity index (χ4n) is 2.36. The second-order valence-electron chi connectivity index (χ2n) is 8.73. The highest BCUT2D eigenvalue weighted by Crippen LogP contribution is 2.08. The lowest BCUT2D eigenvalue weighted by Gasteiger charge is -2.19. The van der Waals surface area contributed by atoms with Gasteiger partial charge in [-0.3, -0.25) is 28.8 Å². The Morgan fingerprint density at radius 1 is 0.718 bits per heavy atom. The fraction of sp³-hybridized carbons (Fsp3) is 0.636. The first-order valence-electron chi connectivity index (χ1n) is 11.6. The Bertz CT molecular complexity index is 916. The van der Waals surface area contributed by atoms with Crippen LogP contribution in [-0.2, 0) is 47.8 Å². The molecule has 1 atom stereocenters. The molecule has 0 bridgehead atoms. The molecule has 0 rings (SSSR count). The highest BCUT2D eigenvalue weighted by atomic mass is 16.6. The van der Waals surface area contributed by atoms with Gasteiger partial charge >= 0.3 is 24.0 Å². The monoisotopic (exact) mass is 561 g/mol. The molecule has 0 aliphatic rings. The van der Waals surface area contributed by atoms with Crippen molar-refractivity contribution in [3.63, 3.8) is 0 Å². The number of amides is 5. The van der Waals surface area contributed by atoms with E-state index in [2.05, 4.69) is 30.7 Å². The van der Waals surface area contributed by atoms with Crippen LogP contribution in [0, 0.1) is 0 Å². The third-order valence-electron chi connectivity index (χ3n) is 4.16. The molecule has 0 aromatic heterocycles. The van der Waals surface area contributed by atoms with Gasteiger partial charge in [0.2, 0.25) is 23.6 Å². The molecule has 6 N–H and O–H groups in total. The van der Waals surface area contributed by atoms with Crippen LogP contribution >= 0.6 is 0 Å². The van der Waals surface area contributed by atoms with Crippen LogP contribution in [0.2, 0.25) is 0 Å². The van der Waals surface area contributed by atoms with Crippen molar-refractivity contribution in [3.8, 4) is 0 Å². The maximum atomic E-state index is 11.9. The van der Waals surface area contributed by atoms with Crippen molar-refractivity contribution in [2.75, 3.05) is 39.9 Å². The predicted molar refractivity (Wildman–Crippen MR) is 130 cm³/mol.